The lowest BCUT2D eigenvalue weighted by Crippen LogP contribution is -2.14. The topological polar surface area (TPSA) is 121 Å². The van der Waals surface area contributed by atoms with E-state index in [-0.39, 0.29) is 18.1 Å². The molecule has 0 fully saturated rings. The number of methoxy groups -OCH3 is 1. The van der Waals surface area contributed by atoms with Crippen molar-refractivity contribution in [3.05, 3.63) is 109 Å². The summed E-state index contributed by atoms with van der Waals surface area (Å²) in [6.07, 6.45) is 6.97. The summed E-state index contributed by atoms with van der Waals surface area (Å²) >= 11 is 0. The van der Waals surface area contributed by atoms with Gasteiger partial charge in [-0.2, -0.15) is 5.10 Å². The number of H-pyrrole nitrogens is 2. The molecule has 43 heavy (non-hydrogen) atoms. The van der Waals surface area contributed by atoms with Crippen LogP contribution in [0.15, 0.2) is 97.6 Å². The normalized spacial score (nSPS) is 11.2. The second kappa shape index (κ2) is 10.8. The number of nitrogens with one attached hydrogen (secondary N) is 3. The molecule has 7 aromatic rings. The van der Waals surface area contributed by atoms with Gasteiger partial charge in [0.2, 0.25) is 5.91 Å². The molecule has 0 aliphatic heterocycles. The largest absolute Gasteiger partial charge is 0.497 e. The van der Waals surface area contributed by atoms with E-state index in [9.17, 15) is 9.18 Å². The molecule has 3 N–H and O–H groups in total. The molecular weight excluding hydrogens is 545 g/mol. The number of ether oxygens (including phenoxy) is 1. The van der Waals surface area contributed by atoms with Gasteiger partial charge in [-0.3, -0.25) is 19.9 Å². The number of aromatic amines is 2. The first-order chi connectivity index (χ1) is 21.0. The maximum Gasteiger partial charge on any atom is 0.228 e. The molecule has 0 unspecified atom stereocenters. The summed E-state index contributed by atoms with van der Waals surface area (Å²) in [4.78, 5) is 29.4. The van der Waals surface area contributed by atoms with Crippen LogP contribution in [0.25, 0.3) is 55.7 Å². The van der Waals surface area contributed by atoms with Crippen molar-refractivity contribution in [1.82, 2.24) is 30.1 Å². The lowest BCUT2D eigenvalue weighted by Gasteiger charge is -2.07. The van der Waals surface area contributed by atoms with Crippen LogP contribution in [0.1, 0.15) is 5.56 Å². The molecule has 9 nitrogen and oxygen atoms in total. The molecule has 7 rings (SSSR count). The Kier molecular flexibility index (Phi) is 6.55. The fourth-order valence-corrected chi connectivity index (χ4v) is 5.16. The molecule has 5 aromatic heterocycles. The number of hydrogen-bond donors (Lipinski definition) is 3. The molecular formula is C33H24FN7O2. The van der Waals surface area contributed by atoms with Crippen molar-refractivity contribution in [2.24, 2.45) is 0 Å². The number of carbonyl (C=O) groups is 1. The quantitative estimate of drug-likeness (QED) is 0.200. The minimum Gasteiger partial charge on any atom is -0.497 e. The summed E-state index contributed by atoms with van der Waals surface area (Å²) in [5, 5.41) is 12.2. The van der Waals surface area contributed by atoms with Gasteiger partial charge in [-0.25, -0.2) is 9.37 Å². The number of halogens is 1. The van der Waals surface area contributed by atoms with E-state index in [1.54, 1.807) is 30.9 Å². The highest BCUT2D eigenvalue weighted by molar-refractivity contribution is 6.00. The maximum atomic E-state index is 14.3. The number of benzene rings is 2. The van der Waals surface area contributed by atoms with Crippen molar-refractivity contribution < 1.29 is 13.9 Å². The number of hydrogen-bond acceptors (Lipinski definition) is 6. The van der Waals surface area contributed by atoms with Crippen LogP contribution >= 0.6 is 0 Å². The van der Waals surface area contributed by atoms with Gasteiger partial charge in [0, 0.05) is 34.8 Å². The lowest BCUT2D eigenvalue weighted by atomic mass is 10.0. The molecule has 0 saturated heterocycles. The first-order valence-electron chi connectivity index (χ1n) is 13.5. The van der Waals surface area contributed by atoms with Gasteiger partial charge in [0.25, 0.3) is 0 Å². The van der Waals surface area contributed by atoms with Crippen LogP contribution in [0.3, 0.4) is 0 Å². The summed E-state index contributed by atoms with van der Waals surface area (Å²) in [5.41, 5.74) is 7.22. The lowest BCUT2D eigenvalue weighted by molar-refractivity contribution is -0.115. The van der Waals surface area contributed by atoms with Crippen LogP contribution in [0.4, 0.5) is 10.1 Å². The fraction of sp³-hybridized carbons (Fsp3) is 0.0606. The predicted octanol–water partition coefficient (Wildman–Crippen LogP) is 6.56. The molecule has 5 heterocycles. The minimum absolute atomic E-state index is 0.130. The molecule has 10 heteroatoms. The smallest absolute Gasteiger partial charge is 0.228 e. The van der Waals surface area contributed by atoms with Crippen molar-refractivity contribution in [1.29, 1.82) is 0 Å². The Hall–Kier alpha value is -5.90. The summed E-state index contributed by atoms with van der Waals surface area (Å²) in [6.45, 7) is 0. The number of nitrogens with zero attached hydrogens (tertiary/aromatic N) is 4. The maximum absolute atomic E-state index is 14.3. The molecule has 0 aliphatic rings. The van der Waals surface area contributed by atoms with E-state index in [1.807, 2.05) is 54.6 Å². The number of aromatic nitrogens is 6. The first-order valence-corrected chi connectivity index (χ1v) is 13.5. The summed E-state index contributed by atoms with van der Waals surface area (Å²) in [6, 6.07) is 21.7. The van der Waals surface area contributed by atoms with Crippen LogP contribution in [0.5, 0.6) is 5.75 Å². The standard InChI is InChI=1S/C33H24FN7O2/c1-43-24-12-20(10-22(34)13-24)25-7-8-36-33-26(25)14-29(39-33)32-27-15-28(37-18-30(27)40-41-32)21-11-23(17-35-16-21)38-31(42)9-19-5-3-2-4-6-19/h2-8,10-18H,9H2,1H3,(H,36,39)(H,38,42)(H,40,41). The highest BCUT2D eigenvalue weighted by Crippen LogP contribution is 2.35. The van der Waals surface area contributed by atoms with Crippen LogP contribution in [0.2, 0.25) is 0 Å². The zero-order valence-corrected chi connectivity index (χ0v) is 22.9. The zero-order chi connectivity index (χ0) is 29.3. The van der Waals surface area contributed by atoms with Gasteiger partial charge in [0.05, 0.1) is 48.5 Å². The van der Waals surface area contributed by atoms with Crippen molar-refractivity contribution in [2.45, 2.75) is 6.42 Å². The highest BCUT2D eigenvalue weighted by Gasteiger charge is 2.16. The van der Waals surface area contributed by atoms with E-state index in [4.69, 9.17) is 4.74 Å². The van der Waals surface area contributed by atoms with Crippen LogP contribution in [-0.2, 0) is 11.2 Å². The Morgan fingerprint density at radius 1 is 0.930 bits per heavy atom. The summed E-state index contributed by atoms with van der Waals surface area (Å²) in [5.74, 6) is -0.0831. The molecule has 210 valence electrons. The summed E-state index contributed by atoms with van der Waals surface area (Å²) in [7, 11) is 1.51. The van der Waals surface area contributed by atoms with Crippen LogP contribution in [0, 0.1) is 5.82 Å². The van der Waals surface area contributed by atoms with Crippen molar-refractivity contribution in [2.75, 3.05) is 12.4 Å². The van der Waals surface area contributed by atoms with E-state index in [2.05, 4.69) is 35.5 Å². The second-order valence-corrected chi connectivity index (χ2v) is 10.0. The SMILES string of the molecule is COc1cc(F)cc(-c2ccnc3[nH]c(-c4n[nH]c5cnc(-c6cncc(NC(=O)Cc7ccccc7)c6)cc45)cc23)c1. The molecule has 0 bridgehead atoms. The average Bonchev–Trinajstić information content (AvgIpc) is 3.65. The number of fused-ring (bicyclic) bond motifs is 2. The van der Waals surface area contributed by atoms with Crippen LogP contribution < -0.4 is 10.1 Å². The third kappa shape index (κ3) is 5.17. The van der Waals surface area contributed by atoms with E-state index >= 15 is 0 Å². The Labute approximate surface area is 244 Å². The molecule has 0 saturated carbocycles. The fourth-order valence-electron chi connectivity index (χ4n) is 5.16. The molecule has 0 aliphatic carbocycles. The first kappa shape index (κ1) is 26.0. The van der Waals surface area contributed by atoms with E-state index < -0.39 is 0 Å². The third-order valence-corrected chi connectivity index (χ3v) is 7.18. The average molecular weight is 570 g/mol. The second-order valence-electron chi connectivity index (χ2n) is 10.0. The molecule has 0 spiro atoms. The van der Waals surface area contributed by atoms with Gasteiger partial charge < -0.3 is 15.0 Å². The molecule has 0 atom stereocenters. The van der Waals surface area contributed by atoms with Crippen molar-refractivity contribution in [3.63, 3.8) is 0 Å². The number of amides is 1. The minimum atomic E-state index is -0.386. The van der Waals surface area contributed by atoms with Gasteiger partial charge in [0.15, 0.2) is 0 Å². The predicted molar refractivity (Wildman–Crippen MR) is 163 cm³/mol. The Morgan fingerprint density at radius 3 is 2.67 bits per heavy atom. The van der Waals surface area contributed by atoms with Crippen molar-refractivity contribution >= 4 is 33.5 Å². The molecule has 2 aromatic carbocycles. The van der Waals surface area contributed by atoms with Gasteiger partial charge in [-0.05, 0) is 53.1 Å². The van der Waals surface area contributed by atoms with Gasteiger partial charge in [-0.1, -0.05) is 30.3 Å². The Bertz CT molecular complexity index is 2120. The van der Waals surface area contributed by atoms with Gasteiger partial charge in [-0.15, -0.1) is 0 Å². The van der Waals surface area contributed by atoms with Gasteiger partial charge in [0.1, 0.15) is 22.9 Å². The van der Waals surface area contributed by atoms with Crippen LogP contribution in [-0.4, -0.2) is 43.2 Å². The van der Waals surface area contributed by atoms with E-state index in [1.165, 1.54) is 19.2 Å². The Balaban J connectivity index is 1.22. The monoisotopic (exact) mass is 569 g/mol. The van der Waals surface area contributed by atoms with Crippen molar-refractivity contribution in [3.8, 4) is 39.5 Å². The number of carbonyl (C=O) groups excluding carboxylic acids is 1. The highest BCUT2D eigenvalue weighted by atomic mass is 19.1. The number of anilines is 1. The van der Waals surface area contributed by atoms with Gasteiger partial charge >= 0.3 is 0 Å². The molecule has 1 amide bonds. The third-order valence-electron chi connectivity index (χ3n) is 7.18. The van der Waals surface area contributed by atoms with E-state index in [0.29, 0.717) is 34.0 Å². The molecule has 0 radical (unpaired) electrons. The van der Waals surface area contributed by atoms with E-state index in [0.717, 1.165) is 38.7 Å². The number of pyridine rings is 3. The zero-order valence-electron chi connectivity index (χ0n) is 22.9. The summed E-state index contributed by atoms with van der Waals surface area (Å²) < 4.78 is 19.6. The Morgan fingerprint density at radius 2 is 1.81 bits per heavy atom. The number of rotatable bonds is 7.